The summed E-state index contributed by atoms with van der Waals surface area (Å²) in [7, 11) is -2.73. The average Bonchev–Trinajstić information content (AvgIpc) is 3.37. The van der Waals surface area contributed by atoms with E-state index in [9.17, 15) is 22.8 Å². The van der Waals surface area contributed by atoms with Crippen LogP contribution >= 0.6 is 22.6 Å². The maximum atomic E-state index is 13.9. The van der Waals surface area contributed by atoms with Gasteiger partial charge in [0.15, 0.2) is 10.7 Å². The molecule has 9 nitrogen and oxygen atoms in total. The lowest BCUT2D eigenvalue weighted by Crippen LogP contribution is -2.48. The number of hydrogen-bond acceptors (Lipinski definition) is 10. The smallest absolute Gasteiger partial charge is 0.343 e. The maximum absolute atomic E-state index is 13.9. The molecule has 0 amide bonds. The van der Waals surface area contributed by atoms with E-state index >= 15 is 0 Å². The normalized spacial score (nSPS) is 17.8. The minimum atomic E-state index is -3.55. The number of pyridine rings is 2. The summed E-state index contributed by atoms with van der Waals surface area (Å²) in [5.74, 6) is -0.364. The van der Waals surface area contributed by atoms with Crippen LogP contribution in [-0.4, -0.2) is 40.2 Å². The van der Waals surface area contributed by atoms with Gasteiger partial charge in [-0.05, 0) is 67.3 Å². The molecule has 0 bridgehead atoms. The molecule has 45 heavy (non-hydrogen) atoms. The van der Waals surface area contributed by atoms with Crippen LogP contribution in [0.5, 0.6) is 0 Å². The summed E-state index contributed by atoms with van der Waals surface area (Å²) in [5, 5.41) is 0.759. The van der Waals surface area contributed by atoms with Gasteiger partial charge in [-0.25, -0.2) is 18.2 Å². The van der Waals surface area contributed by atoms with Gasteiger partial charge < -0.3 is 14.0 Å². The largest absolute Gasteiger partial charge is 0.458 e. The van der Waals surface area contributed by atoms with Gasteiger partial charge in [-0.15, -0.1) is 0 Å². The lowest BCUT2D eigenvalue weighted by Gasteiger charge is -2.38. The molecule has 4 aromatic rings. The van der Waals surface area contributed by atoms with Gasteiger partial charge >= 0.3 is 5.97 Å². The van der Waals surface area contributed by atoms with E-state index in [0.29, 0.717) is 41.9 Å². The number of benzene rings is 2. The van der Waals surface area contributed by atoms with Crippen molar-refractivity contribution in [2.24, 2.45) is 0 Å². The van der Waals surface area contributed by atoms with E-state index < -0.39 is 25.9 Å². The van der Waals surface area contributed by atoms with Crippen LogP contribution in [0.25, 0.3) is 22.3 Å². The first-order chi connectivity index (χ1) is 21.5. The molecule has 2 aliphatic rings. The molecule has 0 spiro atoms. The number of thioether (sulfide) groups is 1. The van der Waals surface area contributed by atoms with Gasteiger partial charge in [-0.2, -0.15) is 0 Å². The number of carbonyl (C=O) groups is 2. The molecule has 6 rings (SSSR count). The third-order valence-electron chi connectivity index (χ3n) is 8.15. The van der Waals surface area contributed by atoms with Crippen LogP contribution in [0.1, 0.15) is 55.4 Å². The quantitative estimate of drug-likeness (QED) is 0.0770. The number of nitrogens with zero attached hydrogens (tertiary/aromatic N) is 2. The van der Waals surface area contributed by atoms with E-state index in [0.717, 1.165) is 44.6 Å². The fraction of sp³-hybridized carbons (Fsp3) is 0.333. The topological polar surface area (TPSA) is 122 Å². The van der Waals surface area contributed by atoms with Gasteiger partial charge in [0.1, 0.15) is 12.0 Å². The molecular formula is C33H32N2O7S3. The highest BCUT2D eigenvalue weighted by molar-refractivity contribution is 8.72. The summed E-state index contributed by atoms with van der Waals surface area (Å²) < 4.78 is 39.4. The van der Waals surface area contributed by atoms with Crippen molar-refractivity contribution in [3.05, 3.63) is 93.3 Å². The molecule has 0 N–H and O–H groups in total. The minimum absolute atomic E-state index is 0.158. The Bertz CT molecular complexity index is 1990. The summed E-state index contributed by atoms with van der Waals surface area (Å²) >= 11 is 0.936. The molecular weight excluding hydrogens is 633 g/mol. The minimum Gasteiger partial charge on any atom is -0.458 e. The zero-order valence-electron chi connectivity index (χ0n) is 25.1. The third kappa shape index (κ3) is 5.96. The number of carbonyl (C=O) groups excluding carboxylic acids is 2. The van der Waals surface area contributed by atoms with Gasteiger partial charge in [0.05, 0.1) is 33.9 Å². The molecule has 1 unspecified atom stereocenters. The van der Waals surface area contributed by atoms with E-state index in [1.165, 1.54) is 6.92 Å². The lowest BCUT2D eigenvalue weighted by atomic mass is 9.85. The predicted octanol–water partition coefficient (Wildman–Crippen LogP) is 5.92. The predicted molar refractivity (Wildman–Crippen MR) is 176 cm³/mol. The highest BCUT2D eigenvalue weighted by Gasteiger charge is 2.49. The van der Waals surface area contributed by atoms with E-state index in [2.05, 4.69) is 0 Å². The summed E-state index contributed by atoms with van der Waals surface area (Å²) in [6.07, 6.45) is 0.857. The summed E-state index contributed by atoms with van der Waals surface area (Å²) in [5.41, 5.74) is 2.03. The Balaban J connectivity index is 1.29. The number of cyclic esters (lactones) is 1. The second-order valence-corrected chi connectivity index (χ2v) is 16.5. The Kier molecular flexibility index (Phi) is 8.68. The molecule has 2 aromatic carbocycles. The number of aromatic nitrogens is 2. The number of rotatable bonds is 10. The highest BCUT2D eigenvalue weighted by atomic mass is 33.1. The van der Waals surface area contributed by atoms with Gasteiger partial charge in [0.25, 0.3) is 5.56 Å². The monoisotopic (exact) mass is 664 g/mol. The summed E-state index contributed by atoms with van der Waals surface area (Å²) in [4.78, 5) is 44.8. The molecule has 2 atom stereocenters. The fourth-order valence-corrected chi connectivity index (χ4v) is 9.58. The van der Waals surface area contributed by atoms with E-state index in [4.69, 9.17) is 14.5 Å². The van der Waals surface area contributed by atoms with Gasteiger partial charge in [-0.3, -0.25) is 9.59 Å². The standard InChI is InChI=1S/C33H32N2O7S3/c1-4-33(42-29(44-21(3)36)10-7-15-43-45(39,40)24-13-11-20(2)12-14-24)26-17-28-30-23(16-22-8-5-6-9-27(22)34-30)18-35(28)31(37)25(26)19-41-32(33)38/h5-6,8-9,11-14,16-17,29H,4,7,10,15,18-19H2,1-3H3/t29?,33-/m0/s1. The van der Waals surface area contributed by atoms with Crippen LogP contribution in [0, 0.1) is 6.92 Å². The third-order valence-corrected chi connectivity index (χ3v) is 12.7. The molecule has 0 saturated carbocycles. The first kappa shape index (κ1) is 31.5. The molecule has 2 aromatic heterocycles. The Morgan fingerprint density at radius 2 is 1.89 bits per heavy atom. The second kappa shape index (κ2) is 12.4. The van der Waals surface area contributed by atoms with Crippen molar-refractivity contribution in [3.63, 3.8) is 0 Å². The van der Waals surface area contributed by atoms with Gasteiger partial charge in [0, 0.05) is 29.2 Å². The molecule has 4 heterocycles. The van der Waals surface area contributed by atoms with E-state index in [-0.39, 0.29) is 34.4 Å². The summed E-state index contributed by atoms with van der Waals surface area (Å²) in [6, 6.07) is 18.3. The van der Waals surface area contributed by atoms with Crippen LogP contribution in [0.2, 0.25) is 0 Å². The zero-order valence-corrected chi connectivity index (χ0v) is 27.5. The molecule has 0 radical (unpaired) electrons. The lowest BCUT2D eigenvalue weighted by molar-refractivity contribution is -0.183. The van der Waals surface area contributed by atoms with Crippen molar-refractivity contribution in [1.82, 2.24) is 9.55 Å². The molecule has 2 aliphatic heterocycles. The molecule has 0 fully saturated rings. The number of hydrogen-bond donors (Lipinski definition) is 0. The second-order valence-electron chi connectivity index (χ2n) is 11.1. The highest BCUT2D eigenvalue weighted by Crippen LogP contribution is 2.43. The van der Waals surface area contributed by atoms with Gasteiger partial charge in [-0.1, -0.05) is 54.6 Å². The van der Waals surface area contributed by atoms with Crippen LogP contribution in [0.4, 0.5) is 0 Å². The van der Waals surface area contributed by atoms with Gasteiger partial charge in [0.2, 0.25) is 8.87 Å². The number of fused-ring (bicyclic) bond motifs is 5. The van der Waals surface area contributed by atoms with Crippen molar-refractivity contribution in [3.8, 4) is 11.4 Å². The molecule has 0 saturated heterocycles. The molecule has 0 aliphatic carbocycles. The number of esters is 1. The maximum Gasteiger partial charge on any atom is 0.343 e. The fourth-order valence-electron chi connectivity index (χ4n) is 5.85. The van der Waals surface area contributed by atoms with Crippen molar-refractivity contribution >= 4 is 53.4 Å². The van der Waals surface area contributed by atoms with Crippen molar-refractivity contribution in [2.45, 2.75) is 69.1 Å². The van der Waals surface area contributed by atoms with Crippen LogP contribution in [0.3, 0.4) is 0 Å². The average molecular weight is 665 g/mol. The Hall–Kier alpha value is -3.45. The number of para-hydroxylation sites is 1. The molecule has 234 valence electrons. The Morgan fingerprint density at radius 3 is 2.62 bits per heavy atom. The van der Waals surface area contributed by atoms with Crippen LogP contribution in [0.15, 0.2) is 70.4 Å². The van der Waals surface area contributed by atoms with Crippen molar-refractivity contribution < 1.29 is 27.5 Å². The van der Waals surface area contributed by atoms with Crippen molar-refractivity contribution in [2.75, 3.05) is 5.75 Å². The summed E-state index contributed by atoms with van der Waals surface area (Å²) in [6.45, 7) is 5.26. The number of aryl methyl sites for hydroxylation is 1. The molecule has 12 heteroatoms. The first-order valence-electron chi connectivity index (χ1n) is 14.7. The van der Waals surface area contributed by atoms with Crippen LogP contribution in [-0.2, 0) is 46.7 Å². The zero-order chi connectivity index (χ0) is 31.9. The van der Waals surface area contributed by atoms with Crippen molar-refractivity contribution in [1.29, 1.82) is 0 Å². The Morgan fingerprint density at radius 1 is 1.13 bits per heavy atom. The van der Waals surface area contributed by atoms with E-state index in [1.807, 2.05) is 43.3 Å². The van der Waals surface area contributed by atoms with Crippen LogP contribution < -0.4 is 5.56 Å². The Labute approximate surface area is 269 Å². The number of ether oxygens (including phenoxy) is 2. The van der Waals surface area contributed by atoms with E-state index in [1.54, 1.807) is 35.8 Å². The first-order valence-corrected chi connectivity index (χ1v) is 18.5. The SMILES string of the molecule is CC[C@@]1(OC(CCCSS(=O)(=O)c2ccc(C)cc2)SC(C)=O)C(=O)OCc2c1cc1n(c2=O)Cc2cc3ccccc3nc2-1.